The fourth-order valence-corrected chi connectivity index (χ4v) is 3.76. The van der Waals surface area contributed by atoms with Crippen LogP contribution in [-0.2, 0) is 4.74 Å². The number of hydrogen-bond donors (Lipinski definition) is 1. The van der Waals surface area contributed by atoms with Gasteiger partial charge in [-0.1, -0.05) is 6.07 Å². The summed E-state index contributed by atoms with van der Waals surface area (Å²) in [5, 5.41) is 12.4. The van der Waals surface area contributed by atoms with Gasteiger partial charge in [0.1, 0.15) is 17.6 Å². The third kappa shape index (κ3) is 2.94. The molecule has 0 bridgehead atoms. The Labute approximate surface area is 131 Å². The van der Waals surface area contributed by atoms with E-state index in [1.165, 1.54) is 25.9 Å². The first-order valence-electron chi connectivity index (χ1n) is 8.25. The van der Waals surface area contributed by atoms with Crippen molar-refractivity contribution in [3.05, 3.63) is 23.9 Å². The molecule has 1 aromatic heterocycles. The lowest BCUT2D eigenvalue weighted by atomic mass is 9.97. The number of rotatable bonds is 4. The molecule has 0 aromatic carbocycles. The van der Waals surface area contributed by atoms with Crippen LogP contribution in [0.15, 0.2) is 18.2 Å². The fourth-order valence-electron chi connectivity index (χ4n) is 3.76. The minimum absolute atomic E-state index is 0.0411. The van der Waals surface area contributed by atoms with Gasteiger partial charge in [0.25, 0.3) is 0 Å². The van der Waals surface area contributed by atoms with Crippen LogP contribution in [-0.4, -0.2) is 47.8 Å². The number of nitriles is 1. The van der Waals surface area contributed by atoms with Crippen LogP contribution >= 0.6 is 0 Å². The van der Waals surface area contributed by atoms with Crippen LogP contribution in [0.3, 0.4) is 0 Å². The highest BCUT2D eigenvalue weighted by molar-refractivity contribution is 5.39. The molecule has 2 atom stereocenters. The van der Waals surface area contributed by atoms with Gasteiger partial charge in [-0.05, 0) is 37.3 Å². The predicted octanol–water partition coefficient (Wildman–Crippen LogP) is 2.01. The van der Waals surface area contributed by atoms with Gasteiger partial charge in [-0.15, -0.1) is 0 Å². The molecule has 3 aliphatic rings. The van der Waals surface area contributed by atoms with Crippen molar-refractivity contribution in [3.8, 4) is 6.07 Å². The Morgan fingerprint density at radius 1 is 1.45 bits per heavy atom. The molecule has 1 saturated carbocycles. The molecule has 5 nitrogen and oxygen atoms in total. The molecule has 4 rings (SSSR count). The molecular weight excluding hydrogens is 276 g/mol. The highest BCUT2D eigenvalue weighted by Gasteiger charge is 2.46. The molecule has 2 saturated heterocycles. The van der Waals surface area contributed by atoms with Crippen LogP contribution in [0.2, 0.25) is 0 Å². The molecular formula is C17H22N4O. The maximum absolute atomic E-state index is 8.93. The Kier molecular flexibility index (Phi) is 3.51. The fraction of sp³-hybridized carbons (Fsp3) is 0.647. The first-order valence-corrected chi connectivity index (χ1v) is 8.25. The number of aromatic nitrogens is 1. The van der Waals surface area contributed by atoms with Crippen molar-refractivity contribution in [2.75, 3.05) is 31.6 Å². The van der Waals surface area contributed by atoms with Crippen LogP contribution < -0.4 is 5.32 Å². The second kappa shape index (κ2) is 5.53. The summed E-state index contributed by atoms with van der Waals surface area (Å²) in [5.74, 6) is 1.72. The Balaban J connectivity index is 1.35. The third-order valence-corrected chi connectivity index (χ3v) is 5.03. The van der Waals surface area contributed by atoms with Crippen LogP contribution in [0.25, 0.3) is 0 Å². The normalized spacial score (nSPS) is 31.5. The summed E-state index contributed by atoms with van der Waals surface area (Å²) < 4.78 is 6.18. The second-order valence-corrected chi connectivity index (χ2v) is 6.99. The van der Waals surface area contributed by atoms with Gasteiger partial charge in [0.15, 0.2) is 0 Å². The first kappa shape index (κ1) is 14.0. The quantitative estimate of drug-likeness (QED) is 0.921. The van der Waals surface area contributed by atoms with Crippen molar-refractivity contribution in [1.29, 1.82) is 5.26 Å². The lowest BCUT2D eigenvalue weighted by Gasteiger charge is -2.23. The maximum Gasteiger partial charge on any atom is 0.142 e. The van der Waals surface area contributed by atoms with Gasteiger partial charge in [0, 0.05) is 26.1 Å². The summed E-state index contributed by atoms with van der Waals surface area (Å²) >= 11 is 0. The van der Waals surface area contributed by atoms with Crippen LogP contribution in [0, 0.1) is 17.2 Å². The average Bonchev–Trinajstić information content (AvgIpc) is 3.13. The van der Waals surface area contributed by atoms with Crippen molar-refractivity contribution in [2.24, 2.45) is 5.92 Å². The Hall–Kier alpha value is -1.64. The van der Waals surface area contributed by atoms with E-state index in [2.05, 4.69) is 21.3 Å². The first-order chi connectivity index (χ1) is 10.7. The number of nitrogens with zero attached hydrogens (tertiary/aromatic N) is 3. The van der Waals surface area contributed by atoms with E-state index >= 15 is 0 Å². The maximum atomic E-state index is 8.93. The van der Waals surface area contributed by atoms with E-state index < -0.39 is 0 Å². The van der Waals surface area contributed by atoms with Gasteiger partial charge in [0.05, 0.1) is 18.2 Å². The number of hydrogen-bond acceptors (Lipinski definition) is 5. The molecule has 22 heavy (non-hydrogen) atoms. The SMILES string of the molecule is N#Cc1cccc(N[C@H]2CO[C@]3(CCN(CC4CC4)C3)C2)n1. The number of likely N-dealkylation sites (tertiary alicyclic amines) is 1. The molecule has 0 radical (unpaired) electrons. The van der Waals surface area contributed by atoms with Gasteiger partial charge in [0.2, 0.25) is 0 Å². The smallest absolute Gasteiger partial charge is 0.142 e. The average molecular weight is 298 g/mol. The van der Waals surface area contributed by atoms with E-state index in [-0.39, 0.29) is 5.60 Å². The third-order valence-electron chi connectivity index (χ3n) is 5.03. The second-order valence-electron chi connectivity index (χ2n) is 6.99. The molecule has 5 heteroatoms. The molecule has 1 aromatic rings. The minimum Gasteiger partial charge on any atom is -0.371 e. The zero-order valence-corrected chi connectivity index (χ0v) is 12.8. The van der Waals surface area contributed by atoms with Crippen LogP contribution in [0.5, 0.6) is 0 Å². The monoisotopic (exact) mass is 298 g/mol. The summed E-state index contributed by atoms with van der Waals surface area (Å²) in [4.78, 5) is 6.87. The largest absolute Gasteiger partial charge is 0.371 e. The van der Waals surface area contributed by atoms with Crippen molar-refractivity contribution in [2.45, 2.75) is 37.3 Å². The molecule has 3 fully saturated rings. The predicted molar refractivity (Wildman–Crippen MR) is 83.4 cm³/mol. The van der Waals surface area contributed by atoms with E-state index in [0.717, 1.165) is 37.7 Å². The minimum atomic E-state index is 0.0411. The summed E-state index contributed by atoms with van der Waals surface area (Å²) in [5.41, 5.74) is 0.495. The summed E-state index contributed by atoms with van der Waals surface area (Å²) in [7, 11) is 0. The Morgan fingerprint density at radius 2 is 2.36 bits per heavy atom. The molecule has 2 aliphatic heterocycles. The highest BCUT2D eigenvalue weighted by atomic mass is 16.5. The molecule has 116 valence electrons. The lowest BCUT2D eigenvalue weighted by molar-refractivity contribution is 0.0123. The molecule has 1 aliphatic carbocycles. The van der Waals surface area contributed by atoms with E-state index in [9.17, 15) is 0 Å². The van der Waals surface area contributed by atoms with E-state index in [4.69, 9.17) is 10.00 Å². The molecule has 0 unspecified atom stereocenters. The number of anilines is 1. The van der Waals surface area contributed by atoms with E-state index in [0.29, 0.717) is 11.7 Å². The standard InChI is InChI=1S/C17H22N4O/c18-9-14-2-1-3-16(19-14)20-15-8-17(22-11-15)6-7-21(12-17)10-13-4-5-13/h1-3,13,15H,4-8,10-12H2,(H,19,20)/t15-,17-/m1/s1. The zero-order valence-electron chi connectivity index (χ0n) is 12.8. The van der Waals surface area contributed by atoms with Gasteiger partial charge >= 0.3 is 0 Å². The summed E-state index contributed by atoms with van der Waals surface area (Å²) in [6, 6.07) is 7.89. The van der Waals surface area contributed by atoms with Crippen LogP contribution in [0.4, 0.5) is 5.82 Å². The number of pyridine rings is 1. The summed E-state index contributed by atoms with van der Waals surface area (Å²) in [6.45, 7) is 4.24. The van der Waals surface area contributed by atoms with Crippen molar-refractivity contribution in [3.63, 3.8) is 0 Å². The zero-order chi connectivity index (χ0) is 15.0. The number of ether oxygens (including phenoxy) is 1. The topological polar surface area (TPSA) is 61.2 Å². The number of nitrogens with one attached hydrogen (secondary N) is 1. The van der Waals surface area contributed by atoms with Crippen molar-refractivity contribution in [1.82, 2.24) is 9.88 Å². The van der Waals surface area contributed by atoms with Crippen molar-refractivity contribution < 1.29 is 4.74 Å². The van der Waals surface area contributed by atoms with Gasteiger partial charge in [-0.3, -0.25) is 0 Å². The molecule has 0 amide bonds. The molecule has 3 heterocycles. The van der Waals surface area contributed by atoms with Gasteiger partial charge < -0.3 is 15.0 Å². The summed E-state index contributed by atoms with van der Waals surface area (Å²) in [6.07, 6.45) is 5.00. The van der Waals surface area contributed by atoms with Crippen molar-refractivity contribution >= 4 is 5.82 Å². The highest BCUT2D eigenvalue weighted by Crippen LogP contribution is 2.38. The van der Waals surface area contributed by atoms with E-state index in [1.54, 1.807) is 6.07 Å². The Bertz CT molecular complexity index is 595. The lowest BCUT2D eigenvalue weighted by Crippen LogP contribution is -2.34. The molecule has 1 N–H and O–H groups in total. The van der Waals surface area contributed by atoms with Gasteiger partial charge in [-0.2, -0.15) is 5.26 Å². The van der Waals surface area contributed by atoms with Gasteiger partial charge in [-0.25, -0.2) is 4.98 Å². The molecule has 1 spiro atoms. The van der Waals surface area contributed by atoms with E-state index in [1.807, 2.05) is 12.1 Å². The Morgan fingerprint density at radius 3 is 3.18 bits per heavy atom. The van der Waals surface area contributed by atoms with Crippen LogP contribution in [0.1, 0.15) is 31.4 Å².